The maximum Gasteiger partial charge on any atom is 0.130 e. The van der Waals surface area contributed by atoms with Crippen molar-refractivity contribution in [3.8, 4) is 5.75 Å². The Morgan fingerprint density at radius 2 is 2.21 bits per heavy atom. The molecule has 0 fully saturated rings. The zero-order chi connectivity index (χ0) is 13.9. The first-order chi connectivity index (χ1) is 8.92. The van der Waals surface area contributed by atoms with Crippen LogP contribution >= 0.6 is 0 Å². The predicted octanol–water partition coefficient (Wildman–Crippen LogP) is 3.44. The lowest BCUT2D eigenvalue weighted by Crippen LogP contribution is -2.23. The fourth-order valence-corrected chi connectivity index (χ4v) is 1.90. The largest absolute Gasteiger partial charge is 0.488 e. The van der Waals surface area contributed by atoms with Crippen LogP contribution in [0.2, 0.25) is 0 Å². The third-order valence-corrected chi connectivity index (χ3v) is 2.64. The first-order valence-corrected chi connectivity index (χ1v) is 6.67. The summed E-state index contributed by atoms with van der Waals surface area (Å²) in [5.74, 6) is 0.871. The van der Waals surface area contributed by atoms with Gasteiger partial charge in [0.2, 0.25) is 0 Å². The van der Waals surface area contributed by atoms with Crippen LogP contribution in [-0.4, -0.2) is 24.0 Å². The molecule has 0 aromatic heterocycles. The predicted molar refractivity (Wildman–Crippen MR) is 77.9 cm³/mol. The van der Waals surface area contributed by atoms with E-state index in [4.69, 9.17) is 9.57 Å². The van der Waals surface area contributed by atoms with E-state index in [-0.39, 0.29) is 11.7 Å². The normalized spacial score (nSPS) is 18.7. The highest BCUT2D eigenvalue weighted by atomic mass is 16.6. The van der Waals surface area contributed by atoms with Gasteiger partial charge in [-0.3, -0.25) is 0 Å². The highest BCUT2D eigenvalue weighted by molar-refractivity contribution is 5.89. The lowest BCUT2D eigenvalue weighted by Gasteiger charge is -2.21. The number of ether oxygens (including phenoxy) is 1. The fourth-order valence-electron chi connectivity index (χ4n) is 1.90. The average Bonchev–Trinajstić information content (AvgIpc) is 2.71. The smallest absolute Gasteiger partial charge is 0.130 e. The molecule has 1 N–H and O–H groups in total. The molecule has 0 saturated carbocycles. The Morgan fingerprint density at radius 1 is 1.42 bits per heavy atom. The topological polar surface area (TPSA) is 42.8 Å². The van der Waals surface area contributed by atoms with E-state index in [1.165, 1.54) is 0 Å². The number of anilines is 1. The van der Waals surface area contributed by atoms with Crippen molar-refractivity contribution in [3.63, 3.8) is 0 Å². The molecule has 0 bridgehead atoms. The number of hydrogen-bond acceptors (Lipinski definition) is 4. The minimum atomic E-state index is -0.183. The van der Waals surface area contributed by atoms with Crippen LogP contribution in [0, 0.1) is 0 Å². The molecule has 0 spiro atoms. The number of hydrogen-bond donors (Lipinski definition) is 1. The van der Waals surface area contributed by atoms with E-state index >= 15 is 0 Å². The monoisotopic (exact) mass is 262 g/mol. The number of benzene rings is 1. The Balaban J connectivity index is 1.92. The van der Waals surface area contributed by atoms with E-state index in [1.807, 2.05) is 52.0 Å². The molecule has 1 heterocycles. The van der Waals surface area contributed by atoms with Crippen molar-refractivity contribution in [3.05, 3.63) is 24.3 Å². The zero-order valence-corrected chi connectivity index (χ0v) is 12.1. The summed E-state index contributed by atoms with van der Waals surface area (Å²) < 4.78 is 5.84. The zero-order valence-electron chi connectivity index (χ0n) is 12.1. The summed E-state index contributed by atoms with van der Waals surface area (Å²) in [6, 6.07) is 7.98. The second kappa shape index (κ2) is 5.51. The van der Waals surface area contributed by atoms with Gasteiger partial charge in [-0.15, -0.1) is 0 Å². The van der Waals surface area contributed by atoms with Gasteiger partial charge >= 0.3 is 0 Å². The van der Waals surface area contributed by atoms with E-state index < -0.39 is 0 Å². The molecular formula is C15H22N2O2. The van der Waals surface area contributed by atoms with E-state index in [0.717, 1.165) is 23.6 Å². The molecule has 4 nitrogen and oxygen atoms in total. The molecule has 104 valence electrons. The summed E-state index contributed by atoms with van der Waals surface area (Å²) in [6.07, 6.45) is 1.10. The molecule has 1 atom stereocenters. The first kappa shape index (κ1) is 13.7. The summed E-state index contributed by atoms with van der Waals surface area (Å²) >= 11 is 0. The van der Waals surface area contributed by atoms with E-state index in [2.05, 4.69) is 10.5 Å². The number of oxime groups is 1. The van der Waals surface area contributed by atoms with Crippen LogP contribution < -0.4 is 10.1 Å². The van der Waals surface area contributed by atoms with Gasteiger partial charge in [-0.05, 0) is 39.8 Å². The minimum absolute atomic E-state index is 0.183. The number of rotatable bonds is 4. The molecule has 19 heavy (non-hydrogen) atoms. The van der Waals surface area contributed by atoms with Crippen LogP contribution in [0.3, 0.4) is 0 Å². The van der Waals surface area contributed by atoms with Crippen LogP contribution in [-0.2, 0) is 4.84 Å². The number of nitrogens with zero attached hydrogens (tertiary/aromatic N) is 1. The van der Waals surface area contributed by atoms with Crippen molar-refractivity contribution in [2.45, 2.75) is 45.8 Å². The van der Waals surface area contributed by atoms with Crippen LogP contribution in [0.4, 0.5) is 5.69 Å². The Bertz CT molecular complexity index is 463. The third kappa shape index (κ3) is 4.47. The maximum atomic E-state index is 5.84. The van der Waals surface area contributed by atoms with Gasteiger partial charge in [0, 0.05) is 18.2 Å². The Hall–Kier alpha value is -1.71. The highest BCUT2D eigenvalue weighted by Crippen LogP contribution is 2.22. The summed E-state index contributed by atoms with van der Waals surface area (Å²) in [7, 11) is 0. The standard InChI is InChI=1S/C15H22N2O2/c1-11-8-13(17-19-11)10-16-12-6-5-7-14(9-12)18-15(2,3)4/h5-7,9,11,16H,8,10H2,1-4H3. The van der Waals surface area contributed by atoms with E-state index in [1.54, 1.807) is 0 Å². The van der Waals surface area contributed by atoms with E-state index in [9.17, 15) is 0 Å². The molecule has 1 aromatic carbocycles. The Labute approximate surface area is 114 Å². The fraction of sp³-hybridized carbons (Fsp3) is 0.533. The molecule has 0 aliphatic carbocycles. The Morgan fingerprint density at radius 3 is 2.84 bits per heavy atom. The van der Waals surface area contributed by atoms with Gasteiger partial charge in [0.25, 0.3) is 0 Å². The van der Waals surface area contributed by atoms with Gasteiger partial charge in [0.15, 0.2) is 0 Å². The highest BCUT2D eigenvalue weighted by Gasteiger charge is 2.16. The molecule has 0 saturated heterocycles. The average molecular weight is 262 g/mol. The van der Waals surface area contributed by atoms with Gasteiger partial charge in [0.05, 0.1) is 12.3 Å². The van der Waals surface area contributed by atoms with Gasteiger partial charge < -0.3 is 14.9 Å². The van der Waals surface area contributed by atoms with Gasteiger partial charge in [-0.2, -0.15) is 0 Å². The second-order valence-electron chi connectivity index (χ2n) is 5.87. The van der Waals surface area contributed by atoms with Gasteiger partial charge in [-0.1, -0.05) is 11.2 Å². The molecule has 1 aliphatic rings. The SMILES string of the molecule is CC1CC(CNc2cccc(OC(C)(C)C)c2)=NO1. The van der Waals surface area contributed by atoms with Gasteiger partial charge in [0.1, 0.15) is 17.5 Å². The maximum absolute atomic E-state index is 5.84. The molecule has 1 aliphatic heterocycles. The van der Waals surface area contributed by atoms with Crippen molar-refractivity contribution in [1.29, 1.82) is 0 Å². The summed E-state index contributed by atoms with van der Waals surface area (Å²) in [5, 5.41) is 7.38. The first-order valence-electron chi connectivity index (χ1n) is 6.67. The molecule has 2 rings (SSSR count). The molecule has 0 radical (unpaired) electrons. The summed E-state index contributed by atoms with van der Waals surface area (Å²) in [4.78, 5) is 5.17. The third-order valence-electron chi connectivity index (χ3n) is 2.64. The van der Waals surface area contributed by atoms with Crippen molar-refractivity contribution < 1.29 is 9.57 Å². The lowest BCUT2D eigenvalue weighted by atomic mass is 10.2. The molecule has 0 amide bonds. The van der Waals surface area contributed by atoms with Gasteiger partial charge in [-0.25, -0.2) is 0 Å². The van der Waals surface area contributed by atoms with E-state index in [0.29, 0.717) is 6.54 Å². The van der Waals surface area contributed by atoms with Crippen molar-refractivity contribution >= 4 is 11.4 Å². The van der Waals surface area contributed by atoms with Crippen molar-refractivity contribution in [2.24, 2.45) is 5.16 Å². The van der Waals surface area contributed by atoms with Crippen molar-refractivity contribution in [1.82, 2.24) is 0 Å². The molecule has 1 unspecified atom stereocenters. The summed E-state index contributed by atoms with van der Waals surface area (Å²) in [6.45, 7) is 8.86. The molecule has 4 heteroatoms. The summed E-state index contributed by atoms with van der Waals surface area (Å²) in [5.41, 5.74) is 1.90. The Kier molecular flexibility index (Phi) is 3.98. The van der Waals surface area contributed by atoms with Crippen LogP contribution in [0.25, 0.3) is 0 Å². The van der Waals surface area contributed by atoms with Crippen LogP contribution in [0.1, 0.15) is 34.1 Å². The molecule has 1 aromatic rings. The van der Waals surface area contributed by atoms with Crippen LogP contribution in [0.5, 0.6) is 5.75 Å². The second-order valence-corrected chi connectivity index (χ2v) is 5.87. The minimum Gasteiger partial charge on any atom is -0.488 e. The number of nitrogens with one attached hydrogen (secondary N) is 1. The van der Waals surface area contributed by atoms with Crippen LogP contribution in [0.15, 0.2) is 29.4 Å². The lowest BCUT2D eigenvalue weighted by molar-refractivity contribution is 0.0995. The van der Waals surface area contributed by atoms with Crippen molar-refractivity contribution in [2.75, 3.05) is 11.9 Å². The quantitative estimate of drug-likeness (QED) is 0.903. The molecular weight excluding hydrogens is 240 g/mol.